The Morgan fingerprint density at radius 1 is 1.24 bits per heavy atom. The predicted octanol–water partition coefficient (Wildman–Crippen LogP) is 4.66. The molecule has 5 nitrogen and oxygen atoms in total. The lowest BCUT2D eigenvalue weighted by molar-refractivity contribution is 0.126. The van der Waals surface area contributed by atoms with E-state index in [1.54, 1.807) is 26.2 Å². The Kier molecular flexibility index (Phi) is 7.09. The number of hydrogen-bond acceptors (Lipinski definition) is 3. The van der Waals surface area contributed by atoms with Crippen molar-refractivity contribution in [3.05, 3.63) is 59.4 Å². The molecule has 3 rings (SSSR count). The fourth-order valence-corrected chi connectivity index (χ4v) is 3.75. The van der Waals surface area contributed by atoms with Gasteiger partial charge in [0.25, 0.3) is 0 Å². The number of hydrogen-bond donors (Lipinski definition) is 1. The molecule has 2 aromatic rings. The number of rotatable bonds is 6. The smallest absolute Gasteiger partial charge is 0.322 e. The number of carbonyl (C=O) groups excluding carboxylic acids is 1. The molecule has 1 heterocycles. The van der Waals surface area contributed by atoms with Crippen LogP contribution >= 0.6 is 0 Å². The van der Waals surface area contributed by atoms with Crippen LogP contribution in [0.3, 0.4) is 0 Å². The minimum Gasteiger partial charge on any atom is -0.497 e. The van der Waals surface area contributed by atoms with Crippen LogP contribution in [0.5, 0.6) is 5.75 Å². The zero-order valence-electron chi connectivity index (χ0n) is 17.5. The number of ether oxygens (including phenoxy) is 1. The average Bonchev–Trinajstić information content (AvgIpc) is 2.75. The summed E-state index contributed by atoms with van der Waals surface area (Å²) in [7, 11) is 1.63. The Labute approximate surface area is 172 Å². The lowest BCUT2D eigenvalue weighted by Crippen LogP contribution is -2.48. The van der Waals surface area contributed by atoms with Crippen LogP contribution < -0.4 is 10.1 Å². The van der Waals surface area contributed by atoms with Gasteiger partial charge in [-0.05, 0) is 61.7 Å². The zero-order valence-corrected chi connectivity index (χ0v) is 17.5. The number of piperidine rings is 1. The third-order valence-electron chi connectivity index (χ3n) is 5.62. The van der Waals surface area contributed by atoms with E-state index in [4.69, 9.17) is 4.74 Å². The maximum absolute atomic E-state index is 13.9. The highest BCUT2D eigenvalue weighted by Gasteiger charge is 2.28. The highest BCUT2D eigenvalue weighted by atomic mass is 19.1. The van der Waals surface area contributed by atoms with Gasteiger partial charge in [0.1, 0.15) is 11.6 Å². The lowest BCUT2D eigenvalue weighted by Gasteiger charge is -2.38. The first-order valence-electron chi connectivity index (χ1n) is 10.2. The Bertz CT molecular complexity index is 835. The molecule has 0 atom stereocenters. The molecule has 1 aliphatic rings. The number of anilines is 1. The van der Waals surface area contributed by atoms with Crippen LogP contribution in [-0.4, -0.2) is 48.6 Å². The molecule has 0 unspecified atom stereocenters. The van der Waals surface area contributed by atoms with Crippen LogP contribution in [0.15, 0.2) is 42.5 Å². The van der Waals surface area contributed by atoms with Gasteiger partial charge in [0, 0.05) is 31.4 Å². The Morgan fingerprint density at radius 2 is 2.00 bits per heavy atom. The summed E-state index contributed by atoms with van der Waals surface area (Å²) in [6.07, 6.45) is 1.85. The van der Waals surface area contributed by atoms with E-state index in [1.165, 1.54) is 6.07 Å². The second-order valence-corrected chi connectivity index (χ2v) is 7.54. The van der Waals surface area contributed by atoms with Gasteiger partial charge < -0.3 is 19.9 Å². The van der Waals surface area contributed by atoms with Crippen molar-refractivity contribution in [1.29, 1.82) is 0 Å². The van der Waals surface area contributed by atoms with E-state index < -0.39 is 0 Å². The van der Waals surface area contributed by atoms with Gasteiger partial charge >= 0.3 is 6.03 Å². The molecule has 2 amide bonds. The van der Waals surface area contributed by atoms with Crippen molar-refractivity contribution in [1.82, 2.24) is 9.80 Å². The predicted molar refractivity (Wildman–Crippen MR) is 114 cm³/mol. The van der Waals surface area contributed by atoms with Crippen molar-refractivity contribution < 1.29 is 13.9 Å². The summed E-state index contributed by atoms with van der Waals surface area (Å²) in [6, 6.07) is 12.5. The van der Waals surface area contributed by atoms with E-state index in [1.807, 2.05) is 29.2 Å². The summed E-state index contributed by atoms with van der Waals surface area (Å²) < 4.78 is 19.2. The molecule has 0 aromatic heterocycles. The quantitative estimate of drug-likeness (QED) is 0.768. The number of benzene rings is 2. The fraction of sp³-hybridized carbons (Fsp3) is 0.435. The van der Waals surface area contributed by atoms with E-state index in [-0.39, 0.29) is 17.9 Å². The first-order valence-corrected chi connectivity index (χ1v) is 10.2. The summed E-state index contributed by atoms with van der Waals surface area (Å²) in [6.45, 7) is 7.32. The number of urea groups is 1. The number of halogens is 1. The van der Waals surface area contributed by atoms with E-state index in [9.17, 15) is 9.18 Å². The largest absolute Gasteiger partial charge is 0.497 e. The molecule has 1 saturated heterocycles. The number of likely N-dealkylation sites (tertiary alicyclic amines) is 1. The minimum atomic E-state index is -0.321. The highest BCUT2D eigenvalue weighted by Crippen LogP contribution is 2.23. The zero-order chi connectivity index (χ0) is 20.8. The van der Waals surface area contributed by atoms with Gasteiger partial charge in [0.05, 0.1) is 7.11 Å². The lowest BCUT2D eigenvalue weighted by atomic mass is 10.0. The third-order valence-corrected chi connectivity index (χ3v) is 5.62. The van der Waals surface area contributed by atoms with Gasteiger partial charge in [-0.2, -0.15) is 0 Å². The summed E-state index contributed by atoms with van der Waals surface area (Å²) in [5.41, 5.74) is 2.04. The van der Waals surface area contributed by atoms with Crippen LogP contribution in [-0.2, 0) is 6.54 Å². The van der Waals surface area contributed by atoms with Gasteiger partial charge in [-0.25, -0.2) is 9.18 Å². The van der Waals surface area contributed by atoms with Gasteiger partial charge in [-0.15, -0.1) is 0 Å². The number of carbonyl (C=O) groups is 1. The Balaban J connectivity index is 1.79. The number of nitrogens with one attached hydrogen (secondary N) is 1. The maximum Gasteiger partial charge on any atom is 0.322 e. The average molecular weight is 400 g/mol. The fourth-order valence-electron chi connectivity index (χ4n) is 3.75. The molecule has 0 saturated carbocycles. The normalized spacial score (nSPS) is 15.2. The molecule has 0 aliphatic carbocycles. The summed E-state index contributed by atoms with van der Waals surface area (Å²) in [4.78, 5) is 17.4. The van der Waals surface area contributed by atoms with Crippen molar-refractivity contribution in [3.8, 4) is 5.75 Å². The molecule has 6 heteroatoms. The topological polar surface area (TPSA) is 44.8 Å². The number of methoxy groups -OCH3 is 1. The molecule has 29 heavy (non-hydrogen) atoms. The van der Waals surface area contributed by atoms with E-state index in [0.29, 0.717) is 17.8 Å². The standard InChI is InChI=1S/C23H30FN3O2/c1-4-26-12-10-20(11-13-26)27(16-18-6-5-7-21(14-18)29-3)23(28)25-19-9-8-17(2)22(24)15-19/h5-9,14-15,20H,4,10-13,16H2,1-3H3,(H,25,28). The molecular weight excluding hydrogens is 369 g/mol. The van der Waals surface area contributed by atoms with Crippen LogP contribution in [0.25, 0.3) is 0 Å². The molecule has 0 bridgehead atoms. The maximum atomic E-state index is 13.9. The number of aryl methyl sites for hydroxylation is 1. The minimum absolute atomic E-state index is 0.138. The molecule has 0 spiro atoms. The Morgan fingerprint density at radius 3 is 2.66 bits per heavy atom. The molecule has 156 valence electrons. The van der Waals surface area contributed by atoms with E-state index >= 15 is 0 Å². The molecule has 2 aromatic carbocycles. The van der Waals surface area contributed by atoms with Crippen LogP contribution in [0.2, 0.25) is 0 Å². The number of amides is 2. The first kappa shape index (κ1) is 21.1. The van der Waals surface area contributed by atoms with Gasteiger partial charge in [-0.1, -0.05) is 25.1 Å². The number of nitrogens with zero attached hydrogens (tertiary/aromatic N) is 2. The van der Waals surface area contributed by atoms with Gasteiger partial charge in [-0.3, -0.25) is 0 Å². The van der Waals surface area contributed by atoms with Crippen molar-refractivity contribution >= 4 is 11.7 Å². The molecule has 1 N–H and O–H groups in total. The van der Waals surface area contributed by atoms with Crippen molar-refractivity contribution in [2.24, 2.45) is 0 Å². The highest BCUT2D eigenvalue weighted by molar-refractivity contribution is 5.89. The second-order valence-electron chi connectivity index (χ2n) is 7.54. The van der Waals surface area contributed by atoms with Gasteiger partial charge in [0.15, 0.2) is 0 Å². The van der Waals surface area contributed by atoms with Crippen LogP contribution in [0.1, 0.15) is 30.9 Å². The first-order chi connectivity index (χ1) is 14.0. The van der Waals surface area contributed by atoms with Crippen molar-refractivity contribution in [3.63, 3.8) is 0 Å². The molecule has 0 radical (unpaired) electrons. The van der Waals surface area contributed by atoms with E-state index in [2.05, 4.69) is 17.1 Å². The Hall–Kier alpha value is -2.60. The SMILES string of the molecule is CCN1CCC(N(Cc2cccc(OC)c2)C(=O)Nc2ccc(C)c(F)c2)CC1. The third kappa shape index (κ3) is 5.48. The second kappa shape index (κ2) is 9.74. The van der Waals surface area contributed by atoms with Gasteiger partial charge in [0.2, 0.25) is 0 Å². The molecule has 1 aliphatic heterocycles. The van der Waals surface area contributed by atoms with Crippen LogP contribution in [0.4, 0.5) is 14.9 Å². The van der Waals surface area contributed by atoms with Crippen molar-refractivity contribution in [2.75, 3.05) is 32.1 Å². The van der Waals surface area contributed by atoms with Crippen molar-refractivity contribution in [2.45, 2.75) is 39.3 Å². The molecule has 1 fully saturated rings. The summed E-state index contributed by atoms with van der Waals surface area (Å²) >= 11 is 0. The monoisotopic (exact) mass is 399 g/mol. The van der Waals surface area contributed by atoms with Crippen LogP contribution in [0, 0.1) is 12.7 Å². The molecular formula is C23H30FN3O2. The van der Waals surface area contributed by atoms with E-state index in [0.717, 1.165) is 43.8 Å². The summed E-state index contributed by atoms with van der Waals surface area (Å²) in [5.74, 6) is 0.447. The summed E-state index contributed by atoms with van der Waals surface area (Å²) in [5, 5.41) is 2.88.